The topological polar surface area (TPSA) is 0 Å². The van der Waals surface area contributed by atoms with Gasteiger partial charge in [0.15, 0.2) is 0 Å². The van der Waals surface area contributed by atoms with E-state index in [2.05, 4.69) is 62.0 Å². The summed E-state index contributed by atoms with van der Waals surface area (Å²) in [7, 11) is 0. The molecule has 2 aromatic rings. The van der Waals surface area contributed by atoms with Gasteiger partial charge in [0, 0.05) is 0 Å². The summed E-state index contributed by atoms with van der Waals surface area (Å²) in [6.07, 6.45) is 6.60. The summed E-state index contributed by atoms with van der Waals surface area (Å²) in [5, 5.41) is 0. The highest BCUT2D eigenvalue weighted by Gasteiger charge is 1.98. The summed E-state index contributed by atoms with van der Waals surface area (Å²) in [6, 6.07) is 17.7. The molecule has 0 aliphatic heterocycles. The summed E-state index contributed by atoms with van der Waals surface area (Å²) in [6.45, 7) is 6.01. The van der Waals surface area contributed by atoms with E-state index >= 15 is 0 Å². The molecule has 0 unspecified atom stereocenters. The summed E-state index contributed by atoms with van der Waals surface area (Å²) in [5.74, 6) is 0. The molecular formula is C19H22. The summed E-state index contributed by atoms with van der Waals surface area (Å²) < 4.78 is 0. The van der Waals surface area contributed by atoms with Gasteiger partial charge >= 0.3 is 0 Å². The smallest absolute Gasteiger partial charge is 0.0100 e. The molecule has 0 saturated carbocycles. The second kappa shape index (κ2) is 6.94. The Kier molecular flexibility index (Phi) is 4.97. The highest BCUT2D eigenvalue weighted by Crippen LogP contribution is 2.21. The lowest BCUT2D eigenvalue weighted by molar-refractivity contribution is 0.795. The fraction of sp³-hybridized carbons (Fsp3) is 0.263. The van der Waals surface area contributed by atoms with Crippen LogP contribution in [0.4, 0.5) is 0 Å². The second-order valence-corrected chi connectivity index (χ2v) is 4.99. The molecule has 0 bridgehead atoms. The first-order chi connectivity index (χ1) is 9.33. The van der Waals surface area contributed by atoms with E-state index in [9.17, 15) is 0 Å². The number of aryl methyl sites for hydroxylation is 1. The standard InChI is InChI=1S/C19H22/c1-3-5-7-17-10-14-19(15-11-17)18-12-8-16(6-4-2)9-13-18/h4,8-15H,2-3,5-7H2,1H3. The molecule has 0 aromatic heterocycles. The molecule has 0 spiro atoms. The summed E-state index contributed by atoms with van der Waals surface area (Å²) in [4.78, 5) is 0. The van der Waals surface area contributed by atoms with Crippen molar-refractivity contribution in [3.8, 4) is 11.1 Å². The van der Waals surface area contributed by atoms with E-state index in [0.717, 1.165) is 6.42 Å². The van der Waals surface area contributed by atoms with Gasteiger partial charge in [-0.15, -0.1) is 6.58 Å². The van der Waals surface area contributed by atoms with Crippen molar-refractivity contribution < 1.29 is 0 Å². The molecule has 19 heavy (non-hydrogen) atoms. The third kappa shape index (κ3) is 3.82. The number of unbranched alkanes of at least 4 members (excludes halogenated alkanes) is 1. The Hall–Kier alpha value is -1.82. The largest absolute Gasteiger partial charge is 0.103 e. The van der Waals surface area contributed by atoms with Crippen LogP contribution in [-0.4, -0.2) is 0 Å². The van der Waals surface area contributed by atoms with Crippen molar-refractivity contribution in [3.05, 3.63) is 72.3 Å². The van der Waals surface area contributed by atoms with E-state index in [1.165, 1.54) is 41.5 Å². The molecule has 0 amide bonds. The molecule has 0 heterocycles. The lowest BCUT2D eigenvalue weighted by Crippen LogP contribution is -1.86. The van der Waals surface area contributed by atoms with Crippen LogP contribution in [0.5, 0.6) is 0 Å². The SMILES string of the molecule is C=CCc1ccc(-c2ccc(CCCC)cc2)cc1. The van der Waals surface area contributed by atoms with E-state index in [1.807, 2.05) is 6.08 Å². The minimum atomic E-state index is 0.941. The number of hydrogen-bond acceptors (Lipinski definition) is 0. The Labute approximate surface area is 116 Å². The molecule has 0 aliphatic carbocycles. The van der Waals surface area contributed by atoms with Gasteiger partial charge in [-0.05, 0) is 41.5 Å². The molecule has 2 rings (SSSR count). The first kappa shape index (κ1) is 13.6. The van der Waals surface area contributed by atoms with Gasteiger partial charge in [-0.2, -0.15) is 0 Å². The van der Waals surface area contributed by atoms with Crippen molar-refractivity contribution >= 4 is 0 Å². The van der Waals surface area contributed by atoms with Crippen LogP contribution in [0.25, 0.3) is 11.1 Å². The normalized spacial score (nSPS) is 10.4. The zero-order valence-corrected chi connectivity index (χ0v) is 11.7. The predicted molar refractivity (Wildman–Crippen MR) is 84.4 cm³/mol. The minimum absolute atomic E-state index is 0.941. The van der Waals surface area contributed by atoms with E-state index in [4.69, 9.17) is 0 Å². The average Bonchev–Trinajstić information content (AvgIpc) is 2.47. The van der Waals surface area contributed by atoms with Crippen LogP contribution >= 0.6 is 0 Å². The van der Waals surface area contributed by atoms with E-state index in [0.29, 0.717) is 0 Å². The molecule has 0 radical (unpaired) electrons. The Morgan fingerprint density at radius 3 is 1.84 bits per heavy atom. The van der Waals surface area contributed by atoms with Crippen LogP contribution in [0, 0.1) is 0 Å². The van der Waals surface area contributed by atoms with Gasteiger partial charge in [-0.3, -0.25) is 0 Å². The fourth-order valence-electron chi connectivity index (χ4n) is 2.24. The molecule has 0 aliphatic rings. The van der Waals surface area contributed by atoms with Crippen LogP contribution in [0.15, 0.2) is 61.2 Å². The number of benzene rings is 2. The van der Waals surface area contributed by atoms with Gasteiger partial charge in [0.2, 0.25) is 0 Å². The van der Waals surface area contributed by atoms with Gasteiger partial charge in [0.1, 0.15) is 0 Å². The van der Waals surface area contributed by atoms with Gasteiger partial charge in [0.05, 0.1) is 0 Å². The zero-order valence-electron chi connectivity index (χ0n) is 11.7. The predicted octanol–water partition coefficient (Wildman–Crippen LogP) is 5.42. The Morgan fingerprint density at radius 1 is 0.842 bits per heavy atom. The minimum Gasteiger partial charge on any atom is -0.103 e. The molecular weight excluding hydrogens is 228 g/mol. The molecule has 2 aromatic carbocycles. The van der Waals surface area contributed by atoms with Gasteiger partial charge in [-0.25, -0.2) is 0 Å². The molecule has 0 nitrogen and oxygen atoms in total. The second-order valence-electron chi connectivity index (χ2n) is 4.99. The zero-order chi connectivity index (χ0) is 13.5. The first-order valence-corrected chi connectivity index (χ1v) is 7.12. The maximum atomic E-state index is 3.77. The number of rotatable bonds is 6. The molecule has 98 valence electrons. The average molecular weight is 250 g/mol. The van der Waals surface area contributed by atoms with Crippen molar-refractivity contribution in [3.63, 3.8) is 0 Å². The highest BCUT2D eigenvalue weighted by molar-refractivity contribution is 5.64. The van der Waals surface area contributed by atoms with Crippen LogP contribution in [0.3, 0.4) is 0 Å². The van der Waals surface area contributed by atoms with Crippen LogP contribution < -0.4 is 0 Å². The van der Waals surface area contributed by atoms with Gasteiger partial charge < -0.3 is 0 Å². The van der Waals surface area contributed by atoms with Gasteiger partial charge in [0.25, 0.3) is 0 Å². The van der Waals surface area contributed by atoms with Gasteiger partial charge in [-0.1, -0.05) is 68.0 Å². The molecule has 0 atom stereocenters. The van der Waals surface area contributed by atoms with Crippen LogP contribution in [0.2, 0.25) is 0 Å². The third-order valence-corrected chi connectivity index (χ3v) is 3.44. The lowest BCUT2D eigenvalue weighted by Gasteiger charge is -2.05. The Bertz CT molecular complexity index is 503. The molecule has 0 heteroatoms. The number of allylic oxidation sites excluding steroid dienone is 1. The molecule has 0 N–H and O–H groups in total. The lowest BCUT2D eigenvalue weighted by atomic mass is 10.0. The fourth-order valence-corrected chi connectivity index (χ4v) is 2.24. The maximum absolute atomic E-state index is 3.77. The van der Waals surface area contributed by atoms with Crippen molar-refractivity contribution in [2.75, 3.05) is 0 Å². The molecule has 0 saturated heterocycles. The molecule has 0 fully saturated rings. The Morgan fingerprint density at radius 2 is 1.37 bits per heavy atom. The van der Waals surface area contributed by atoms with Crippen LogP contribution in [0.1, 0.15) is 30.9 Å². The van der Waals surface area contributed by atoms with E-state index in [-0.39, 0.29) is 0 Å². The van der Waals surface area contributed by atoms with E-state index in [1.54, 1.807) is 0 Å². The van der Waals surface area contributed by atoms with Crippen molar-refractivity contribution in [1.29, 1.82) is 0 Å². The maximum Gasteiger partial charge on any atom is -0.0100 e. The quantitative estimate of drug-likeness (QED) is 0.600. The van der Waals surface area contributed by atoms with E-state index < -0.39 is 0 Å². The number of hydrogen-bond donors (Lipinski definition) is 0. The van der Waals surface area contributed by atoms with Crippen molar-refractivity contribution in [2.45, 2.75) is 32.6 Å². The van der Waals surface area contributed by atoms with Crippen molar-refractivity contribution in [2.24, 2.45) is 0 Å². The van der Waals surface area contributed by atoms with Crippen LogP contribution in [-0.2, 0) is 12.8 Å². The Balaban J connectivity index is 2.10. The monoisotopic (exact) mass is 250 g/mol. The van der Waals surface area contributed by atoms with Crippen molar-refractivity contribution in [1.82, 2.24) is 0 Å². The first-order valence-electron chi connectivity index (χ1n) is 7.12. The highest BCUT2D eigenvalue weighted by atomic mass is 14.0. The third-order valence-electron chi connectivity index (χ3n) is 3.44. The summed E-state index contributed by atoms with van der Waals surface area (Å²) in [5.41, 5.74) is 5.34. The summed E-state index contributed by atoms with van der Waals surface area (Å²) >= 11 is 0.